The summed E-state index contributed by atoms with van der Waals surface area (Å²) in [6.07, 6.45) is -5.19. The average molecular weight is 452 g/mol. The SMILES string of the molecule is COc1nc2c(c(N3CCOCC(C)C3)n1)COC(c1cc(N)cc(C)c1C(F)(F)F)C2. The van der Waals surface area contributed by atoms with Crippen LogP contribution in [0.25, 0.3) is 0 Å². The summed E-state index contributed by atoms with van der Waals surface area (Å²) in [4.78, 5) is 11.1. The Morgan fingerprint density at radius 3 is 2.75 bits per heavy atom. The van der Waals surface area contributed by atoms with Crippen molar-refractivity contribution in [3.63, 3.8) is 0 Å². The highest BCUT2D eigenvalue weighted by Crippen LogP contribution is 2.42. The number of rotatable bonds is 3. The molecule has 1 saturated heterocycles. The van der Waals surface area contributed by atoms with Crippen LogP contribution in [0.15, 0.2) is 12.1 Å². The van der Waals surface area contributed by atoms with Gasteiger partial charge in [0.25, 0.3) is 0 Å². The number of aromatic nitrogens is 2. The molecule has 1 fully saturated rings. The van der Waals surface area contributed by atoms with Crippen LogP contribution in [0.5, 0.6) is 6.01 Å². The van der Waals surface area contributed by atoms with Crippen LogP contribution in [0.3, 0.4) is 0 Å². The van der Waals surface area contributed by atoms with Gasteiger partial charge in [-0.15, -0.1) is 0 Å². The van der Waals surface area contributed by atoms with Crippen LogP contribution in [0, 0.1) is 12.8 Å². The number of nitrogens with two attached hydrogens (primary N) is 1. The van der Waals surface area contributed by atoms with Gasteiger partial charge >= 0.3 is 12.2 Å². The molecule has 10 heteroatoms. The van der Waals surface area contributed by atoms with E-state index in [0.29, 0.717) is 37.2 Å². The van der Waals surface area contributed by atoms with Crippen LogP contribution in [-0.2, 0) is 28.7 Å². The van der Waals surface area contributed by atoms with Crippen LogP contribution in [-0.4, -0.2) is 43.4 Å². The lowest BCUT2D eigenvalue weighted by Crippen LogP contribution is -2.32. The first-order chi connectivity index (χ1) is 15.2. The van der Waals surface area contributed by atoms with E-state index in [0.717, 1.165) is 12.1 Å². The normalized spacial score (nSPS) is 21.8. The number of aryl methyl sites for hydroxylation is 1. The van der Waals surface area contributed by atoms with Gasteiger partial charge in [0.1, 0.15) is 5.82 Å². The molecule has 0 spiro atoms. The summed E-state index contributed by atoms with van der Waals surface area (Å²) < 4.78 is 58.4. The zero-order valence-electron chi connectivity index (χ0n) is 18.3. The van der Waals surface area contributed by atoms with E-state index >= 15 is 0 Å². The summed E-state index contributed by atoms with van der Waals surface area (Å²) in [6, 6.07) is 2.85. The van der Waals surface area contributed by atoms with E-state index in [2.05, 4.69) is 21.8 Å². The van der Waals surface area contributed by atoms with E-state index in [-0.39, 0.29) is 35.9 Å². The Balaban J connectivity index is 1.74. The molecule has 0 bridgehead atoms. The van der Waals surface area contributed by atoms with Gasteiger partial charge in [-0.25, -0.2) is 0 Å². The molecule has 2 N–H and O–H groups in total. The van der Waals surface area contributed by atoms with Crippen molar-refractivity contribution in [2.24, 2.45) is 5.92 Å². The Hall–Kier alpha value is -2.59. The summed E-state index contributed by atoms with van der Waals surface area (Å²) in [7, 11) is 1.47. The molecule has 2 unspecified atom stereocenters. The quantitative estimate of drug-likeness (QED) is 0.712. The van der Waals surface area contributed by atoms with Gasteiger partial charge in [-0.1, -0.05) is 6.92 Å². The van der Waals surface area contributed by atoms with Crippen LogP contribution in [0.1, 0.15) is 41.0 Å². The zero-order valence-corrected chi connectivity index (χ0v) is 18.3. The van der Waals surface area contributed by atoms with E-state index < -0.39 is 17.8 Å². The number of fused-ring (bicyclic) bond motifs is 1. The molecule has 1 aromatic carbocycles. The van der Waals surface area contributed by atoms with E-state index in [4.69, 9.17) is 19.9 Å². The summed E-state index contributed by atoms with van der Waals surface area (Å²) in [5.41, 5.74) is 6.92. The van der Waals surface area contributed by atoms with Gasteiger partial charge in [-0.3, -0.25) is 0 Å². The molecule has 0 aliphatic carbocycles. The maximum absolute atomic E-state index is 13.8. The van der Waals surface area contributed by atoms with Crippen molar-refractivity contribution in [1.29, 1.82) is 0 Å². The monoisotopic (exact) mass is 452 g/mol. The number of benzene rings is 1. The molecule has 32 heavy (non-hydrogen) atoms. The van der Waals surface area contributed by atoms with Crippen molar-refractivity contribution < 1.29 is 27.4 Å². The summed E-state index contributed by atoms with van der Waals surface area (Å²) in [5.74, 6) is 0.985. The molecule has 2 atom stereocenters. The van der Waals surface area contributed by atoms with Gasteiger partial charge in [0, 0.05) is 30.8 Å². The number of ether oxygens (including phenoxy) is 3. The Kier molecular flexibility index (Phi) is 6.17. The van der Waals surface area contributed by atoms with Gasteiger partial charge < -0.3 is 24.8 Å². The first kappa shape index (κ1) is 22.6. The molecule has 2 aliphatic heterocycles. The van der Waals surface area contributed by atoms with Crippen molar-refractivity contribution in [3.05, 3.63) is 40.1 Å². The summed E-state index contributed by atoms with van der Waals surface area (Å²) in [5, 5.41) is 0. The van der Waals surface area contributed by atoms with E-state index in [1.165, 1.54) is 26.2 Å². The Bertz CT molecular complexity index is 999. The standard InChI is InChI=1S/C22H27F3N4O3/c1-12-9-29(4-5-31-10-12)20-16-11-32-18(8-17(16)27-21(28-20)30-3)15-7-14(26)6-13(2)19(15)22(23,24)25/h6-7,12,18H,4-5,8-11,26H2,1-3H3. The lowest BCUT2D eigenvalue weighted by atomic mass is 9.92. The number of nitrogens with zero attached hydrogens (tertiary/aromatic N) is 3. The molecule has 0 amide bonds. The van der Waals surface area contributed by atoms with Crippen LogP contribution in [0.4, 0.5) is 24.7 Å². The van der Waals surface area contributed by atoms with E-state index in [1.807, 2.05) is 0 Å². The summed E-state index contributed by atoms with van der Waals surface area (Å²) in [6.45, 7) is 6.20. The smallest absolute Gasteiger partial charge is 0.417 e. The van der Waals surface area contributed by atoms with Gasteiger partial charge in [0.05, 0.1) is 44.3 Å². The van der Waals surface area contributed by atoms with Crippen molar-refractivity contribution in [2.75, 3.05) is 44.0 Å². The third-order valence-electron chi connectivity index (χ3n) is 5.80. The maximum Gasteiger partial charge on any atom is 0.417 e. The topological polar surface area (TPSA) is 82.7 Å². The number of hydrogen-bond acceptors (Lipinski definition) is 7. The van der Waals surface area contributed by atoms with Gasteiger partial charge in [0.15, 0.2) is 0 Å². The first-order valence-corrected chi connectivity index (χ1v) is 10.5. The molecular formula is C22H27F3N4O3. The molecule has 0 saturated carbocycles. The lowest BCUT2D eigenvalue weighted by Gasteiger charge is -2.32. The van der Waals surface area contributed by atoms with Crippen molar-refractivity contribution in [1.82, 2.24) is 9.97 Å². The van der Waals surface area contributed by atoms with Crippen molar-refractivity contribution in [2.45, 2.75) is 39.2 Å². The number of hydrogen-bond donors (Lipinski definition) is 1. The largest absolute Gasteiger partial charge is 0.467 e. The molecule has 3 heterocycles. The first-order valence-electron chi connectivity index (χ1n) is 10.5. The fourth-order valence-electron chi connectivity index (χ4n) is 4.44. The van der Waals surface area contributed by atoms with Crippen molar-refractivity contribution in [3.8, 4) is 6.01 Å². The molecule has 2 aliphatic rings. The second kappa shape index (κ2) is 8.74. The number of halogens is 3. The van der Waals surface area contributed by atoms with Crippen molar-refractivity contribution >= 4 is 11.5 Å². The van der Waals surface area contributed by atoms with Gasteiger partial charge in [0.2, 0.25) is 0 Å². The fourth-order valence-corrected chi connectivity index (χ4v) is 4.44. The molecule has 1 aromatic heterocycles. The number of nitrogen functional groups attached to an aromatic ring is 1. The second-order valence-electron chi connectivity index (χ2n) is 8.39. The Morgan fingerprint density at radius 2 is 2.03 bits per heavy atom. The molecule has 2 aromatic rings. The molecule has 7 nitrogen and oxygen atoms in total. The predicted molar refractivity (Wildman–Crippen MR) is 113 cm³/mol. The molecular weight excluding hydrogens is 425 g/mol. The van der Waals surface area contributed by atoms with E-state index in [1.54, 1.807) is 0 Å². The van der Waals surface area contributed by atoms with E-state index in [9.17, 15) is 13.2 Å². The fraction of sp³-hybridized carbons (Fsp3) is 0.545. The highest BCUT2D eigenvalue weighted by atomic mass is 19.4. The number of anilines is 2. The third-order valence-corrected chi connectivity index (χ3v) is 5.80. The molecule has 4 rings (SSSR count). The zero-order chi connectivity index (χ0) is 23.0. The molecule has 0 radical (unpaired) electrons. The van der Waals surface area contributed by atoms with Gasteiger partial charge in [-0.05, 0) is 36.1 Å². The Morgan fingerprint density at radius 1 is 1.25 bits per heavy atom. The number of alkyl halides is 3. The van der Waals surface area contributed by atoms with Crippen LogP contribution >= 0.6 is 0 Å². The summed E-state index contributed by atoms with van der Waals surface area (Å²) >= 11 is 0. The average Bonchev–Trinajstić information content (AvgIpc) is 2.95. The minimum Gasteiger partial charge on any atom is -0.467 e. The van der Waals surface area contributed by atoms with Gasteiger partial charge in [-0.2, -0.15) is 23.1 Å². The predicted octanol–water partition coefficient (Wildman–Crippen LogP) is 3.68. The molecule has 174 valence electrons. The third kappa shape index (κ3) is 4.47. The van der Waals surface area contributed by atoms with Crippen LogP contribution < -0.4 is 15.4 Å². The number of methoxy groups -OCH3 is 1. The lowest BCUT2D eigenvalue weighted by molar-refractivity contribution is -0.140. The minimum atomic E-state index is -4.52. The van der Waals surface area contributed by atoms with Crippen LogP contribution in [0.2, 0.25) is 0 Å². The Labute approximate surface area is 184 Å². The minimum absolute atomic E-state index is 0.0246. The highest BCUT2D eigenvalue weighted by Gasteiger charge is 2.39. The highest BCUT2D eigenvalue weighted by molar-refractivity contribution is 5.54. The second-order valence-corrected chi connectivity index (χ2v) is 8.39. The maximum atomic E-state index is 13.8.